The zero-order valence-corrected chi connectivity index (χ0v) is 10.6. The third-order valence-electron chi connectivity index (χ3n) is 3.79. The lowest BCUT2D eigenvalue weighted by Crippen LogP contribution is -2.36. The summed E-state index contributed by atoms with van der Waals surface area (Å²) >= 11 is 0. The second kappa shape index (κ2) is 4.55. The van der Waals surface area contributed by atoms with Crippen LogP contribution in [0.3, 0.4) is 0 Å². The predicted molar refractivity (Wildman–Crippen MR) is 63.6 cm³/mol. The first kappa shape index (κ1) is 12.8. The minimum Gasteiger partial charge on any atom is -0.355 e. The highest BCUT2D eigenvalue weighted by Gasteiger charge is 2.57. The van der Waals surface area contributed by atoms with Gasteiger partial charge in [-0.2, -0.15) is 0 Å². The summed E-state index contributed by atoms with van der Waals surface area (Å²) in [6, 6.07) is 0. The maximum atomic E-state index is 11.8. The second-order valence-electron chi connectivity index (χ2n) is 5.03. The summed E-state index contributed by atoms with van der Waals surface area (Å²) in [5, 5.41) is 10.8. The summed E-state index contributed by atoms with van der Waals surface area (Å²) in [5.41, 5.74) is 0.191. The number of carbonyl (C=O) groups excluding carboxylic acids is 1. The molecule has 2 rings (SSSR count). The zero-order chi connectivity index (χ0) is 12.5. The average Bonchev–Trinajstić information content (AvgIpc) is 2.91. The van der Waals surface area contributed by atoms with E-state index in [9.17, 15) is 13.2 Å². The van der Waals surface area contributed by atoms with Gasteiger partial charge in [0.2, 0.25) is 15.9 Å². The number of sulfonamides is 1. The molecular weight excluding hydrogens is 242 g/mol. The smallest absolute Gasteiger partial charge is 0.223 e. The molecule has 1 amide bonds. The van der Waals surface area contributed by atoms with Crippen molar-refractivity contribution in [1.82, 2.24) is 10.6 Å². The second-order valence-corrected chi connectivity index (χ2v) is 6.76. The molecule has 1 aliphatic heterocycles. The number of nitrogens with two attached hydrogens (primary N) is 1. The van der Waals surface area contributed by atoms with Crippen molar-refractivity contribution in [2.24, 2.45) is 16.5 Å². The van der Waals surface area contributed by atoms with Gasteiger partial charge in [0.1, 0.15) is 0 Å². The van der Waals surface area contributed by atoms with Crippen LogP contribution < -0.4 is 15.8 Å². The van der Waals surface area contributed by atoms with Gasteiger partial charge in [-0.3, -0.25) is 4.79 Å². The Morgan fingerprint density at radius 1 is 1.41 bits per heavy atom. The normalized spacial score (nSPS) is 26.8. The first-order valence-corrected chi connectivity index (χ1v) is 7.63. The molecule has 1 unspecified atom stereocenters. The van der Waals surface area contributed by atoms with E-state index in [4.69, 9.17) is 5.14 Å². The Hall–Kier alpha value is -0.660. The minimum atomic E-state index is -3.48. The van der Waals surface area contributed by atoms with Crippen molar-refractivity contribution in [1.29, 1.82) is 0 Å². The number of hydrogen-bond donors (Lipinski definition) is 3. The number of piperidine rings is 1. The van der Waals surface area contributed by atoms with Gasteiger partial charge >= 0.3 is 0 Å². The van der Waals surface area contributed by atoms with E-state index in [1.807, 2.05) is 0 Å². The molecule has 0 aromatic heterocycles. The fraction of sp³-hybridized carbons (Fsp3) is 0.900. The lowest BCUT2D eigenvalue weighted by atomic mass is 9.92. The Kier molecular flexibility index (Phi) is 3.42. The van der Waals surface area contributed by atoms with E-state index in [1.54, 1.807) is 0 Å². The van der Waals surface area contributed by atoms with Gasteiger partial charge in [0.25, 0.3) is 0 Å². The summed E-state index contributed by atoms with van der Waals surface area (Å²) < 4.78 is 21.4. The molecule has 17 heavy (non-hydrogen) atoms. The molecule has 6 nitrogen and oxygen atoms in total. The van der Waals surface area contributed by atoms with Crippen molar-refractivity contribution in [3.05, 3.63) is 0 Å². The van der Waals surface area contributed by atoms with E-state index in [0.29, 0.717) is 0 Å². The van der Waals surface area contributed by atoms with Crippen LogP contribution in [0, 0.1) is 11.3 Å². The summed E-state index contributed by atoms with van der Waals surface area (Å²) in [4.78, 5) is 11.8. The van der Waals surface area contributed by atoms with Gasteiger partial charge in [-0.25, -0.2) is 13.6 Å². The lowest BCUT2D eigenvalue weighted by molar-refractivity contribution is -0.123. The molecule has 7 heteroatoms. The molecule has 1 atom stereocenters. The first-order valence-electron chi connectivity index (χ1n) is 5.92. The van der Waals surface area contributed by atoms with Crippen LogP contribution in [-0.4, -0.2) is 39.7 Å². The molecule has 1 saturated carbocycles. The van der Waals surface area contributed by atoms with Crippen molar-refractivity contribution in [3.8, 4) is 0 Å². The third-order valence-corrected chi connectivity index (χ3v) is 4.56. The van der Waals surface area contributed by atoms with E-state index in [1.165, 1.54) is 0 Å². The summed E-state index contributed by atoms with van der Waals surface area (Å²) in [6.45, 7) is 2.06. The van der Waals surface area contributed by atoms with Crippen molar-refractivity contribution in [2.45, 2.75) is 19.3 Å². The average molecular weight is 261 g/mol. The molecule has 1 saturated heterocycles. The fourth-order valence-electron chi connectivity index (χ4n) is 2.64. The van der Waals surface area contributed by atoms with Crippen LogP contribution in [0.25, 0.3) is 0 Å². The molecule has 2 fully saturated rings. The largest absolute Gasteiger partial charge is 0.355 e. The van der Waals surface area contributed by atoms with Crippen LogP contribution in [0.15, 0.2) is 0 Å². The van der Waals surface area contributed by atoms with Gasteiger partial charge in [-0.15, -0.1) is 0 Å². The van der Waals surface area contributed by atoms with Gasteiger partial charge < -0.3 is 10.6 Å². The fourth-order valence-corrected chi connectivity index (χ4v) is 3.02. The monoisotopic (exact) mass is 261 g/mol. The van der Waals surface area contributed by atoms with E-state index < -0.39 is 10.0 Å². The number of nitrogens with one attached hydrogen (secondary N) is 2. The van der Waals surface area contributed by atoms with Crippen molar-refractivity contribution >= 4 is 15.9 Å². The van der Waals surface area contributed by atoms with Crippen LogP contribution in [-0.2, 0) is 14.8 Å². The van der Waals surface area contributed by atoms with Gasteiger partial charge in [-0.05, 0) is 37.8 Å². The van der Waals surface area contributed by atoms with Crippen LogP contribution in [0.4, 0.5) is 0 Å². The maximum Gasteiger partial charge on any atom is 0.223 e. The van der Waals surface area contributed by atoms with E-state index in [2.05, 4.69) is 10.6 Å². The Bertz CT molecular complexity index is 401. The first-order chi connectivity index (χ1) is 7.93. The molecule has 4 N–H and O–H groups in total. The molecule has 2 aliphatic rings. The van der Waals surface area contributed by atoms with Gasteiger partial charge in [0.05, 0.1) is 5.75 Å². The van der Waals surface area contributed by atoms with Crippen molar-refractivity contribution in [3.63, 3.8) is 0 Å². The molecule has 98 valence electrons. The topological polar surface area (TPSA) is 101 Å². The molecule has 0 bridgehead atoms. The quantitative estimate of drug-likeness (QED) is 0.590. The number of amides is 1. The van der Waals surface area contributed by atoms with Crippen molar-refractivity contribution < 1.29 is 13.2 Å². The third kappa shape index (κ3) is 3.17. The summed E-state index contributed by atoms with van der Waals surface area (Å²) in [5.74, 6) is -0.138. The molecular formula is C10H19N3O3S. The number of rotatable bonds is 4. The Morgan fingerprint density at radius 2 is 2.06 bits per heavy atom. The summed E-state index contributed by atoms with van der Waals surface area (Å²) in [7, 11) is -3.48. The molecule has 1 heterocycles. The SMILES string of the molecule is NS(=O)(=O)CCNC(=O)C1CC12CCNCC2. The van der Waals surface area contributed by atoms with Crippen LogP contribution in [0.5, 0.6) is 0 Å². The van der Waals surface area contributed by atoms with Gasteiger partial charge in [-0.1, -0.05) is 0 Å². The van der Waals surface area contributed by atoms with E-state index in [-0.39, 0.29) is 29.5 Å². The number of carbonyl (C=O) groups is 1. The highest BCUT2D eigenvalue weighted by atomic mass is 32.2. The van der Waals surface area contributed by atoms with Crippen LogP contribution in [0.2, 0.25) is 0 Å². The minimum absolute atomic E-state index is 0.0180. The highest BCUT2D eigenvalue weighted by molar-refractivity contribution is 7.89. The standard InChI is InChI=1S/C10H19N3O3S/c11-17(15,16)6-5-13-9(14)8-7-10(8)1-3-12-4-2-10/h8,12H,1-7H2,(H,13,14)(H2,11,15,16). The number of primary sulfonamides is 1. The lowest BCUT2D eigenvalue weighted by Gasteiger charge is -2.23. The molecule has 0 aromatic carbocycles. The predicted octanol–water partition coefficient (Wildman–Crippen LogP) is -1.22. The highest BCUT2D eigenvalue weighted by Crippen LogP contribution is 2.58. The molecule has 1 spiro atoms. The summed E-state index contributed by atoms with van der Waals surface area (Å²) in [6.07, 6.45) is 3.02. The molecule has 0 radical (unpaired) electrons. The van der Waals surface area contributed by atoms with E-state index in [0.717, 1.165) is 32.4 Å². The van der Waals surface area contributed by atoms with E-state index >= 15 is 0 Å². The Balaban J connectivity index is 1.75. The molecule has 0 aromatic rings. The van der Waals surface area contributed by atoms with Crippen LogP contribution in [0.1, 0.15) is 19.3 Å². The Morgan fingerprint density at radius 3 is 2.65 bits per heavy atom. The van der Waals surface area contributed by atoms with Crippen LogP contribution >= 0.6 is 0 Å². The van der Waals surface area contributed by atoms with Gasteiger partial charge in [0.15, 0.2) is 0 Å². The van der Waals surface area contributed by atoms with Gasteiger partial charge in [0, 0.05) is 12.5 Å². The number of hydrogen-bond acceptors (Lipinski definition) is 4. The molecule has 1 aliphatic carbocycles. The zero-order valence-electron chi connectivity index (χ0n) is 9.74. The Labute approximate surface area is 101 Å². The van der Waals surface area contributed by atoms with Crippen molar-refractivity contribution in [2.75, 3.05) is 25.4 Å². The maximum absolute atomic E-state index is 11.8.